The Hall–Kier alpha value is -3.82. The Kier molecular flexibility index (Phi) is 6.28. The number of esters is 1. The first-order chi connectivity index (χ1) is 14.7. The Morgan fingerprint density at radius 1 is 1.10 bits per heavy atom. The van der Waals surface area contributed by atoms with Crippen molar-refractivity contribution in [1.82, 2.24) is 4.98 Å². The van der Waals surface area contributed by atoms with Crippen molar-refractivity contribution in [2.24, 2.45) is 5.92 Å². The van der Waals surface area contributed by atoms with Gasteiger partial charge in [-0.1, -0.05) is 12.1 Å². The standard InChI is InChI=1S/C21H23N3O7/c1-2-31-21(30)12-7-9-24(10-8-12)13-5-3-11(4-6-13)14-15(19(26)27)17(22)23-18(25)16(14)20(28)29/h3-6,12H,2,7-10H2,1H3,(H,26,27)(H,28,29)(H3,22,23,25). The first-order valence-electron chi connectivity index (χ1n) is 9.78. The van der Waals surface area contributed by atoms with Gasteiger partial charge in [0, 0.05) is 24.3 Å². The van der Waals surface area contributed by atoms with Gasteiger partial charge in [0.25, 0.3) is 5.56 Å². The molecule has 0 bridgehead atoms. The maximum Gasteiger partial charge on any atom is 0.342 e. The van der Waals surface area contributed by atoms with E-state index in [2.05, 4.69) is 9.88 Å². The van der Waals surface area contributed by atoms with Gasteiger partial charge in [0.1, 0.15) is 16.9 Å². The number of piperidine rings is 1. The molecule has 164 valence electrons. The van der Waals surface area contributed by atoms with E-state index < -0.39 is 34.4 Å². The molecule has 2 heterocycles. The summed E-state index contributed by atoms with van der Waals surface area (Å²) in [5.74, 6) is -3.74. The molecule has 0 radical (unpaired) electrons. The fourth-order valence-corrected chi connectivity index (χ4v) is 3.81. The first kappa shape index (κ1) is 21.9. The van der Waals surface area contributed by atoms with Crippen molar-refractivity contribution in [2.75, 3.05) is 30.3 Å². The molecule has 1 aromatic heterocycles. The number of hydrogen-bond donors (Lipinski definition) is 4. The monoisotopic (exact) mass is 429 g/mol. The van der Waals surface area contributed by atoms with Gasteiger partial charge in [0.15, 0.2) is 0 Å². The number of aromatic amines is 1. The molecule has 5 N–H and O–H groups in total. The number of rotatable bonds is 6. The summed E-state index contributed by atoms with van der Waals surface area (Å²) in [6.45, 7) is 3.40. The maximum atomic E-state index is 12.1. The predicted octanol–water partition coefficient (Wildman–Crippen LogP) is 1.80. The minimum Gasteiger partial charge on any atom is -0.478 e. The summed E-state index contributed by atoms with van der Waals surface area (Å²) in [5.41, 5.74) is 4.36. The number of nitrogens with one attached hydrogen (secondary N) is 1. The number of pyridine rings is 1. The lowest BCUT2D eigenvalue weighted by molar-refractivity contribution is -0.148. The highest BCUT2D eigenvalue weighted by Crippen LogP contribution is 2.31. The Bertz CT molecular complexity index is 1070. The van der Waals surface area contributed by atoms with Gasteiger partial charge >= 0.3 is 17.9 Å². The molecular weight excluding hydrogens is 406 g/mol. The van der Waals surface area contributed by atoms with Crippen molar-refractivity contribution in [2.45, 2.75) is 19.8 Å². The smallest absolute Gasteiger partial charge is 0.342 e. The van der Waals surface area contributed by atoms with E-state index >= 15 is 0 Å². The van der Waals surface area contributed by atoms with Crippen LogP contribution in [0.5, 0.6) is 0 Å². The predicted molar refractivity (Wildman–Crippen MR) is 112 cm³/mol. The van der Waals surface area contributed by atoms with Crippen molar-refractivity contribution in [3.63, 3.8) is 0 Å². The van der Waals surface area contributed by atoms with Crippen LogP contribution < -0.4 is 16.2 Å². The van der Waals surface area contributed by atoms with Gasteiger partial charge in [-0.2, -0.15) is 0 Å². The number of nitrogens with zero attached hydrogens (tertiary/aromatic N) is 1. The van der Waals surface area contributed by atoms with Crippen LogP contribution in [0.2, 0.25) is 0 Å². The van der Waals surface area contributed by atoms with E-state index in [1.807, 2.05) is 0 Å². The van der Waals surface area contributed by atoms with Crippen molar-refractivity contribution in [3.05, 3.63) is 45.7 Å². The number of carbonyl (C=O) groups excluding carboxylic acids is 1. The third-order valence-corrected chi connectivity index (χ3v) is 5.31. The first-order valence-corrected chi connectivity index (χ1v) is 9.78. The summed E-state index contributed by atoms with van der Waals surface area (Å²) in [5, 5.41) is 19.0. The summed E-state index contributed by atoms with van der Waals surface area (Å²) >= 11 is 0. The second kappa shape index (κ2) is 8.90. The minimum absolute atomic E-state index is 0.134. The van der Waals surface area contributed by atoms with Crippen molar-refractivity contribution < 1.29 is 29.3 Å². The van der Waals surface area contributed by atoms with Crippen LogP contribution in [0.3, 0.4) is 0 Å². The highest BCUT2D eigenvalue weighted by molar-refractivity contribution is 6.07. The molecule has 0 saturated carbocycles. The SMILES string of the molecule is CCOC(=O)C1CCN(c2ccc(-c3c(C(=O)O)c(N)[nH]c(=O)c3C(=O)O)cc2)CC1. The quantitative estimate of drug-likeness (QED) is 0.501. The summed E-state index contributed by atoms with van der Waals surface area (Å²) in [4.78, 5) is 51.5. The Labute approximate surface area is 177 Å². The van der Waals surface area contributed by atoms with Crippen molar-refractivity contribution in [3.8, 4) is 11.1 Å². The zero-order chi connectivity index (χ0) is 22.7. The van der Waals surface area contributed by atoms with E-state index in [0.717, 1.165) is 5.69 Å². The largest absolute Gasteiger partial charge is 0.478 e. The molecule has 3 rings (SSSR count). The molecular formula is C21H23N3O7. The zero-order valence-electron chi connectivity index (χ0n) is 16.9. The van der Waals surface area contributed by atoms with Crippen LogP contribution in [0.15, 0.2) is 29.1 Å². The van der Waals surface area contributed by atoms with Gasteiger partial charge < -0.3 is 30.6 Å². The van der Waals surface area contributed by atoms with Crippen molar-refractivity contribution >= 4 is 29.4 Å². The number of H-pyrrole nitrogens is 1. The summed E-state index contributed by atoms with van der Waals surface area (Å²) in [6.07, 6.45) is 1.30. The normalized spacial score (nSPS) is 14.3. The van der Waals surface area contributed by atoms with E-state index in [0.29, 0.717) is 32.5 Å². The average Bonchev–Trinajstić information content (AvgIpc) is 2.73. The minimum atomic E-state index is -1.55. The number of carboxylic acid groups (broad SMARTS) is 2. The second-order valence-corrected chi connectivity index (χ2v) is 7.16. The van der Waals surface area contributed by atoms with Gasteiger partial charge in [0.05, 0.1) is 12.5 Å². The average molecular weight is 429 g/mol. The summed E-state index contributed by atoms with van der Waals surface area (Å²) < 4.78 is 5.08. The van der Waals surface area contributed by atoms with Crippen LogP contribution in [-0.2, 0) is 9.53 Å². The molecule has 2 aromatic rings. The van der Waals surface area contributed by atoms with E-state index in [-0.39, 0.29) is 23.0 Å². The van der Waals surface area contributed by atoms with Gasteiger partial charge in [-0.3, -0.25) is 9.59 Å². The number of nitrogen functional groups attached to an aromatic ring is 1. The number of carbonyl (C=O) groups is 3. The molecule has 10 heteroatoms. The number of aromatic nitrogens is 1. The molecule has 0 unspecified atom stereocenters. The number of carboxylic acids is 2. The van der Waals surface area contributed by atoms with E-state index in [4.69, 9.17) is 10.5 Å². The molecule has 0 aliphatic carbocycles. The molecule has 0 atom stereocenters. The number of nitrogens with two attached hydrogens (primary N) is 1. The Morgan fingerprint density at radius 2 is 1.68 bits per heavy atom. The van der Waals surface area contributed by atoms with Crippen LogP contribution in [0.4, 0.5) is 11.5 Å². The lowest BCUT2D eigenvalue weighted by Gasteiger charge is -2.32. The molecule has 1 fully saturated rings. The highest BCUT2D eigenvalue weighted by Gasteiger charge is 2.28. The van der Waals surface area contributed by atoms with Crippen LogP contribution in [0.1, 0.15) is 40.5 Å². The topological polar surface area (TPSA) is 163 Å². The molecule has 1 saturated heterocycles. The molecule has 1 aliphatic heterocycles. The van der Waals surface area contributed by atoms with Crippen LogP contribution in [-0.4, -0.2) is 52.8 Å². The third kappa shape index (κ3) is 4.37. The van der Waals surface area contributed by atoms with Gasteiger partial charge in [-0.15, -0.1) is 0 Å². The Morgan fingerprint density at radius 3 is 2.19 bits per heavy atom. The second-order valence-electron chi connectivity index (χ2n) is 7.16. The highest BCUT2D eigenvalue weighted by atomic mass is 16.5. The molecule has 10 nitrogen and oxygen atoms in total. The van der Waals surface area contributed by atoms with Crippen LogP contribution >= 0.6 is 0 Å². The number of hydrogen-bond acceptors (Lipinski definition) is 7. The lowest BCUT2D eigenvalue weighted by atomic mass is 9.94. The molecule has 31 heavy (non-hydrogen) atoms. The van der Waals surface area contributed by atoms with Crippen molar-refractivity contribution in [1.29, 1.82) is 0 Å². The van der Waals surface area contributed by atoms with Gasteiger partial charge in [0.2, 0.25) is 0 Å². The molecule has 0 spiro atoms. The molecule has 1 aromatic carbocycles. The zero-order valence-corrected chi connectivity index (χ0v) is 16.9. The van der Waals surface area contributed by atoms with Gasteiger partial charge in [-0.05, 0) is 37.5 Å². The number of anilines is 2. The fraction of sp³-hybridized carbons (Fsp3) is 0.333. The van der Waals surface area contributed by atoms with E-state index in [1.54, 1.807) is 31.2 Å². The lowest BCUT2D eigenvalue weighted by Crippen LogP contribution is -2.36. The van der Waals surface area contributed by atoms with Gasteiger partial charge in [-0.25, -0.2) is 9.59 Å². The number of benzene rings is 1. The molecule has 1 aliphatic rings. The number of aromatic carboxylic acids is 2. The molecule has 0 amide bonds. The fourth-order valence-electron chi connectivity index (χ4n) is 3.81. The van der Waals surface area contributed by atoms with E-state index in [1.165, 1.54) is 0 Å². The van der Waals surface area contributed by atoms with Crippen LogP contribution in [0, 0.1) is 5.92 Å². The van der Waals surface area contributed by atoms with Crippen LogP contribution in [0.25, 0.3) is 11.1 Å². The number of ether oxygens (including phenoxy) is 1. The summed E-state index contributed by atoms with van der Waals surface area (Å²) in [6, 6.07) is 6.54. The third-order valence-electron chi connectivity index (χ3n) is 5.31. The summed E-state index contributed by atoms with van der Waals surface area (Å²) in [7, 11) is 0. The maximum absolute atomic E-state index is 12.1. The Balaban J connectivity index is 1.91. The van der Waals surface area contributed by atoms with E-state index in [9.17, 15) is 29.4 Å².